The van der Waals surface area contributed by atoms with E-state index < -0.39 is 0 Å². The molecule has 0 rings (SSSR count). The van der Waals surface area contributed by atoms with E-state index in [2.05, 4.69) is 15.9 Å². The summed E-state index contributed by atoms with van der Waals surface area (Å²) in [5, 5.41) is 0. The van der Waals surface area contributed by atoms with E-state index in [-0.39, 0.29) is 6.09 Å². The maximum atomic E-state index is 11.2. The summed E-state index contributed by atoms with van der Waals surface area (Å²) in [6.45, 7) is 3.16. The molecule has 0 aromatic heterocycles. The molecule has 80 valence electrons. The largest absolute Gasteiger partial charge is 0.420 e. The lowest BCUT2D eigenvalue weighted by Gasteiger charge is -2.17. The molecule has 0 spiro atoms. The molecule has 0 atom stereocenters. The Morgan fingerprint density at radius 1 is 1.50 bits per heavy atom. The van der Waals surface area contributed by atoms with Gasteiger partial charge in [0.25, 0.3) is 0 Å². The zero-order valence-corrected chi connectivity index (χ0v) is 10.6. The molecule has 1 amide bonds. The van der Waals surface area contributed by atoms with Crippen LogP contribution in [0.15, 0.2) is 0 Å². The van der Waals surface area contributed by atoms with Crippen molar-refractivity contribution >= 4 is 29.1 Å². The van der Waals surface area contributed by atoms with E-state index in [1.54, 1.807) is 27.9 Å². The molecule has 0 aromatic rings. The molecule has 0 aliphatic rings. The number of carbonyl (C=O) groups is 1. The molecule has 0 heterocycles. The Kier molecular flexibility index (Phi) is 8.84. The van der Waals surface area contributed by atoms with Gasteiger partial charge in [-0.1, -0.05) is 32.1 Å². The van der Waals surface area contributed by atoms with Crippen LogP contribution in [0.2, 0.25) is 0 Å². The van der Waals surface area contributed by atoms with Crippen LogP contribution in [0, 0.1) is 12.3 Å². The Morgan fingerprint density at radius 3 is 2.71 bits per heavy atom. The van der Waals surface area contributed by atoms with Gasteiger partial charge >= 0.3 is 6.09 Å². The number of amides is 1. The van der Waals surface area contributed by atoms with Crippen molar-refractivity contribution in [3.63, 3.8) is 0 Å². The average molecular weight is 309 g/mol. The van der Waals surface area contributed by atoms with Gasteiger partial charge in [-0.05, 0) is 6.42 Å². The zero-order valence-electron chi connectivity index (χ0n) is 8.46. The highest BCUT2D eigenvalue weighted by Gasteiger charge is 2.11. The predicted octanol–water partition coefficient (Wildman–Crippen LogP) is 2.99. The lowest BCUT2D eigenvalue weighted by atomic mass is 10.2. The predicted molar refractivity (Wildman–Crippen MR) is 65.0 cm³/mol. The summed E-state index contributed by atoms with van der Waals surface area (Å²) in [5.74, 6) is 2.45. The van der Waals surface area contributed by atoms with Gasteiger partial charge in [0.05, 0.1) is 6.54 Å². The summed E-state index contributed by atoms with van der Waals surface area (Å²) in [6, 6.07) is 0. The molecule has 0 bridgehead atoms. The average Bonchev–Trinajstić information content (AvgIpc) is 2.21. The van der Waals surface area contributed by atoms with Crippen molar-refractivity contribution < 1.29 is 7.86 Å². The highest BCUT2D eigenvalue weighted by atomic mass is 127. The summed E-state index contributed by atoms with van der Waals surface area (Å²) in [5.41, 5.74) is 0. The molecule has 0 radical (unpaired) electrons. The molecule has 0 saturated carbocycles. The molecule has 0 unspecified atom stereocenters. The maximum absolute atomic E-state index is 11.2. The van der Waals surface area contributed by atoms with Gasteiger partial charge in [0, 0.05) is 6.54 Å². The van der Waals surface area contributed by atoms with Gasteiger partial charge in [0.2, 0.25) is 0 Å². The third kappa shape index (κ3) is 6.08. The molecule has 3 nitrogen and oxygen atoms in total. The summed E-state index contributed by atoms with van der Waals surface area (Å²) >= 11 is 1.58. The first-order valence-electron chi connectivity index (χ1n) is 4.77. The third-order valence-electron chi connectivity index (χ3n) is 1.89. The van der Waals surface area contributed by atoms with Crippen molar-refractivity contribution in [2.75, 3.05) is 13.1 Å². The molecule has 0 N–H and O–H groups in total. The molecule has 4 heteroatoms. The van der Waals surface area contributed by atoms with Crippen molar-refractivity contribution in [1.82, 2.24) is 4.90 Å². The Morgan fingerprint density at radius 2 is 2.21 bits per heavy atom. The standard InChI is InChI=1S/C10H16INO2/c1-3-5-6-7-9-12(8-4-2)10(13)14-11/h2H,3,5-9H2,1H3. The lowest BCUT2D eigenvalue weighted by Crippen LogP contribution is -2.31. The van der Waals surface area contributed by atoms with Crippen LogP contribution >= 0.6 is 23.0 Å². The van der Waals surface area contributed by atoms with E-state index in [0.717, 1.165) is 12.8 Å². The lowest BCUT2D eigenvalue weighted by molar-refractivity contribution is 0.172. The molecule has 0 saturated heterocycles. The van der Waals surface area contributed by atoms with E-state index >= 15 is 0 Å². The van der Waals surface area contributed by atoms with Gasteiger partial charge in [0.15, 0.2) is 23.0 Å². The fourth-order valence-electron chi connectivity index (χ4n) is 1.12. The van der Waals surface area contributed by atoms with Gasteiger partial charge < -0.3 is 3.07 Å². The normalized spacial score (nSPS) is 9.21. The topological polar surface area (TPSA) is 29.5 Å². The van der Waals surface area contributed by atoms with E-state index in [9.17, 15) is 4.79 Å². The summed E-state index contributed by atoms with van der Waals surface area (Å²) < 4.78 is 4.58. The van der Waals surface area contributed by atoms with Crippen LogP contribution in [-0.4, -0.2) is 24.1 Å². The van der Waals surface area contributed by atoms with Gasteiger partial charge in [-0.25, -0.2) is 4.79 Å². The van der Waals surface area contributed by atoms with Crippen molar-refractivity contribution in [3.05, 3.63) is 0 Å². The Hall–Kier alpha value is -0.440. The second kappa shape index (κ2) is 9.13. The van der Waals surface area contributed by atoms with E-state index in [1.165, 1.54) is 12.8 Å². The van der Waals surface area contributed by atoms with Crippen LogP contribution in [0.3, 0.4) is 0 Å². The fraction of sp³-hybridized carbons (Fsp3) is 0.700. The van der Waals surface area contributed by atoms with Crippen LogP contribution in [0.5, 0.6) is 0 Å². The number of hydrogen-bond acceptors (Lipinski definition) is 2. The molecule has 14 heavy (non-hydrogen) atoms. The second-order valence-corrected chi connectivity index (χ2v) is 3.47. The Balaban J connectivity index is 3.74. The third-order valence-corrected chi connectivity index (χ3v) is 2.26. The smallest absolute Gasteiger partial charge is 0.378 e. The number of unbranched alkanes of at least 4 members (excludes halogenated alkanes) is 3. The minimum Gasteiger partial charge on any atom is -0.378 e. The van der Waals surface area contributed by atoms with E-state index in [4.69, 9.17) is 6.42 Å². The van der Waals surface area contributed by atoms with Gasteiger partial charge in [-0.3, -0.25) is 4.90 Å². The SMILES string of the molecule is C#CCN(CCCCCC)C(=O)OI. The molecule has 0 aliphatic heterocycles. The monoisotopic (exact) mass is 309 g/mol. The minimum absolute atomic E-state index is 0.327. The number of nitrogens with zero attached hydrogens (tertiary/aromatic N) is 1. The molecule has 0 aromatic carbocycles. The summed E-state index contributed by atoms with van der Waals surface area (Å²) in [4.78, 5) is 12.7. The molecule has 0 aliphatic carbocycles. The van der Waals surface area contributed by atoms with E-state index in [1.807, 2.05) is 0 Å². The van der Waals surface area contributed by atoms with Crippen LogP contribution in [0.1, 0.15) is 32.6 Å². The summed E-state index contributed by atoms with van der Waals surface area (Å²) in [6.07, 6.45) is 9.31. The first-order valence-corrected chi connectivity index (χ1v) is 5.65. The number of terminal acetylenes is 1. The van der Waals surface area contributed by atoms with Crippen LogP contribution < -0.4 is 0 Å². The van der Waals surface area contributed by atoms with Crippen LogP contribution in [0.4, 0.5) is 4.79 Å². The molecule has 0 fully saturated rings. The number of hydrogen-bond donors (Lipinski definition) is 0. The van der Waals surface area contributed by atoms with Crippen molar-refractivity contribution in [1.29, 1.82) is 0 Å². The van der Waals surface area contributed by atoms with E-state index in [0.29, 0.717) is 13.1 Å². The Labute approximate surface area is 99.9 Å². The first-order chi connectivity index (χ1) is 6.76. The Bertz CT molecular complexity index is 201. The van der Waals surface area contributed by atoms with Crippen molar-refractivity contribution in [2.24, 2.45) is 0 Å². The number of carbonyl (C=O) groups excluding carboxylic acids is 1. The van der Waals surface area contributed by atoms with Gasteiger partial charge in [-0.2, -0.15) is 0 Å². The van der Waals surface area contributed by atoms with Crippen LogP contribution in [0.25, 0.3) is 0 Å². The minimum atomic E-state index is -0.347. The highest BCUT2D eigenvalue weighted by Crippen LogP contribution is 2.04. The van der Waals surface area contributed by atoms with Gasteiger partial charge in [-0.15, -0.1) is 6.42 Å². The van der Waals surface area contributed by atoms with Gasteiger partial charge in [0.1, 0.15) is 0 Å². The zero-order chi connectivity index (χ0) is 10.8. The molecular formula is C10H16INO2. The van der Waals surface area contributed by atoms with Crippen molar-refractivity contribution in [3.8, 4) is 12.3 Å². The second-order valence-electron chi connectivity index (χ2n) is 3.03. The number of rotatable bonds is 6. The maximum Gasteiger partial charge on any atom is 0.420 e. The van der Waals surface area contributed by atoms with Crippen molar-refractivity contribution in [2.45, 2.75) is 32.6 Å². The van der Waals surface area contributed by atoms with Crippen LogP contribution in [-0.2, 0) is 3.07 Å². The quantitative estimate of drug-likeness (QED) is 0.429. The number of halogens is 1. The highest BCUT2D eigenvalue weighted by molar-refractivity contribution is 14.1. The summed E-state index contributed by atoms with van der Waals surface area (Å²) in [7, 11) is 0. The fourth-order valence-corrected chi connectivity index (χ4v) is 1.40. The first kappa shape index (κ1) is 13.6. The molecular weight excluding hydrogens is 293 g/mol.